The Bertz CT molecular complexity index is 399. The van der Waals surface area contributed by atoms with E-state index in [4.69, 9.17) is 5.53 Å². The number of benzene rings is 1. The summed E-state index contributed by atoms with van der Waals surface area (Å²) in [7, 11) is 0. The van der Waals surface area contributed by atoms with Crippen LogP contribution in [0.4, 0.5) is 0 Å². The van der Waals surface area contributed by atoms with Gasteiger partial charge in [-0.1, -0.05) is 29.4 Å². The first-order valence-corrected chi connectivity index (χ1v) is 5.13. The van der Waals surface area contributed by atoms with E-state index in [0.717, 1.165) is 24.8 Å². The number of hydrogen-bond acceptors (Lipinski definition) is 2. The van der Waals surface area contributed by atoms with Crippen LogP contribution in [0, 0.1) is 0 Å². The van der Waals surface area contributed by atoms with Crippen LogP contribution in [0.25, 0.3) is 10.4 Å². The molecule has 0 heterocycles. The first-order valence-electron chi connectivity index (χ1n) is 5.13. The average Bonchev–Trinajstić information content (AvgIpc) is 2.41. The van der Waals surface area contributed by atoms with E-state index < -0.39 is 6.10 Å². The van der Waals surface area contributed by atoms with Gasteiger partial charge in [0.1, 0.15) is 0 Å². The van der Waals surface area contributed by atoms with Crippen LogP contribution in [-0.2, 0) is 6.42 Å². The molecule has 0 aliphatic heterocycles. The number of hydrogen-bond donors (Lipinski definition) is 1. The first-order chi connectivity index (χ1) is 7.33. The second kappa shape index (κ2) is 4.34. The molecule has 1 aliphatic carbocycles. The summed E-state index contributed by atoms with van der Waals surface area (Å²) in [6.45, 7) is 0. The molecule has 1 aromatic rings. The maximum absolute atomic E-state index is 10.1. The van der Waals surface area contributed by atoms with E-state index in [1.165, 1.54) is 5.56 Å². The summed E-state index contributed by atoms with van der Waals surface area (Å²) in [5, 5.41) is 13.7. The molecule has 78 valence electrons. The Morgan fingerprint density at radius 2 is 2.20 bits per heavy atom. The fraction of sp³-hybridized carbons (Fsp3) is 0.455. The van der Waals surface area contributed by atoms with Gasteiger partial charge in [0.15, 0.2) is 0 Å². The third kappa shape index (κ3) is 1.96. The smallest absolute Gasteiger partial charge is 0.0877 e. The Labute approximate surface area is 88.2 Å². The monoisotopic (exact) mass is 203 g/mol. The van der Waals surface area contributed by atoms with Crippen LogP contribution < -0.4 is 0 Å². The third-order valence-electron chi connectivity index (χ3n) is 2.88. The van der Waals surface area contributed by atoms with Gasteiger partial charge in [-0.15, -0.1) is 0 Å². The highest BCUT2D eigenvalue weighted by molar-refractivity contribution is 5.31. The molecule has 15 heavy (non-hydrogen) atoms. The second-order valence-corrected chi connectivity index (χ2v) is 3.81. The molecule has 0 spiro atoms. The van der Waals surface area contributed by atoms with Crippen molar-refractivity contribution in [2.24, 2.45) is 5.11 Å². The third-order valence-corrected chi connectivity index (χ3v) is 2.88. The lowest BCUT2D eigenvalue weighted by atomic mass is 9.99. The summed E-state index contributed by atoms with van der Waals surface area (Å²) in [5.74, 6) is 0. The van der Waals surface area contributed by atoms with Crippen molar-refractivity contribution in [2.75, 3.05) is 0 Å². The number of azide groups is 1. The molecular weight excluding hydrogens is 190 g/mol. The van der Waals surface area contributed by atoms with E-state index in [2.05, 4.69) is 10.0 Å². The fourth-order valence-corrected chi connectivity index (χ4v) is 2.10. The molecule has 1 aliphatic rings. The molecule has 0 saturated carbocycles. The van der Waals surface area contributed by atoms with Crippen LogP contribution in [0.5, 0.6) is 0 Å². The van der Waals surface area contributed by atoms with Crippen molar-refractivity contribution in [1.82, 2.24) is 0 Å². The molecule has 2 rings (SSSR count). The highest BCUT2D eigenvalue weighted by Gasteiger charge is 2.24. The van der Waals surface area contributed by atoms with Crippen molar-refractivity contribution in [3.8, 4) is 0 Å². The zero-order valence-electron chi connectivity index (χ0n) is 8.37. The Hall–Kier alpha value is -1.51. The van der Waals surface area contributed by atoms with Gasteiger partial charge in [-0.05, 0) is 35.9 Å². The molecule has 0 amide bonds. The van der Waals surface area contributed by atoms with Crippen molar-refractivity contribution in [1.29, 1.82) is 0 Å². The summed E-state index contributed by atoms with van der Waals surface area (Å²) in [5.41, 5.74) is 10.5. The fourth-order valence-electron chi connectivity index (χ4n) is 2.10. The number of aryl methyl sites for hydroxylation is 1. The van der Waals surface area contributed by atoms with Crippen LogP contribution in [-0.4, -0.2) is 11.1 Å². The van der Waals surface area contributed by atoms with Gasteiger partial charge in [-0.25, -0.2) is 0 Å². The molecule has 0 saturated heterocycles. The molecule has 0 fully saturated rings. The van der Waals surface area contributed by atoms with Crippen LogP contribution in [0.1, 0.15) is 30.1 Å². The SMILES string of the molecule is [N-]=[N+]=NC1CCCc2ccccc2C1O. The summed E-state index contributed by atoms with van der Waals surface area (Å²) < 4.78 is 0. The number of aliphatic hydroxyl groups is 1. The van der Waals surface area contributed by atoms with Crippen molar-refractivity contribution >= 4 is 0 Å². The van der Waals surface area contributed by atoms with Crippen LogP contribution in [0.15, 0.2) is 29.4 Å². The Morgan fingerprint density at radius 1 is 1.40 bits per heavy atom. The van der Waals surface area contributed by atoms with Gasteiger partial charge in [0.05, 0.1) is 12.1 Å². The highest BCUT2D eigenvalue weighted by atomic mass is 16.3. The minimum absolute atomic E-state index is 0.321. The van der Waals surface area contributed by atoms with Gasteiger partial charge in [0, 0.05) is 4.91 Å². The molecule has 1 N–H and O–H groups in total. The van der Waals surface area contributed by atoms with Crippen molar-refractivity contribution in [3.05, 3.63) is 45.8 Å². The lowest BCUT2D eigenvalue weighted by molar-refractivity contribution is 0.144. The minimum atomic E-state index is -0.653. The van der Waals surface area contributed by atoms with E-state index in [1.54, 1.807) is 0 Å². The number of fused-ring (bicyclic) bond motifs is 1. The second-order valence-electron chi connectivity index (χ2n) is 3.81. The molecule has 4 heteroatoms. The summed E-state index contributed by atoms with van der Waals surface area (Å²) in [6.07, 6.45) is 2.00. The van der Waals surface area contributed by atoms with E-state index in [1.807, 2.05) is 24.3 Å². The number of rotatable bonds is 1. The predicted octanol–water partition coefficient (Wildman–Crippen LogP) is 2.74. The molecule has 2 atom stereocenters. The van der Waals surface area contributed by atoms with Gasteiger partial charge in [-0.3, -0.25) is 0 Å². The van der Waals surface area contributed by atoms with Crippen LogP contribution in [0.3, 0.4) is 0 Å². The van der Waals surface area contributed by atoms with E-state index in [9.17, 15) is 5.11 Å². The Morgan fingerprint density at radius 3 is 3.00 bits per heavy atom. The Kier molecular flexibility index (Phi) is 2.90. The number of nitrogens with zero attached hydrogens (tertiary/aromatic N) is 3. The molecule has 0 bridgehead atoms. The van der Waals surface area contributed by atoms with E-state index in [-0.39, 0.29) is 6.04 Å². The summed E-state index contributed by atoms with van der Waals surface area (Å²) in [4.78, 5) is 2.79. The topological polar surface area (TPSA) is 69.0 Å². The van der Waals surface area contributed by atoms with Crippen LogP contribution >= 0.6 is 0 Å². The van der Waals surface area contributed by atoms with Crippen molar-refractivity contribution in [2.45, 2.75) is 31.4 Å². The van der Waals surface area contributed by atoms with Gasteiger partial charge in [0.2, 0.25) is 0 Å². The zero-order chi connectivity index (χ0) is 10.7. The average molecular weight is 203 g/mol. The minimum Gasteiger partial charge on any atom is -0.388 e. The summed E-state index contributed by atoms with van der Waals surface area (Å²) in [6, 6.07) is 7.49. The van der Waals surface area contributed by atoms with Crippen molar-refractivity contribution < 1.29 is 5.11 Å². The zero-order valence-corrected chi connectivity index (χ0v) is 8.37. The van der Waals surface area contributed by atoms with Gasteiger partial charge in [-0.2, -0.15) is 0 Å². The molecule has 0 aromatic heterocycles. The first kappa shape index (κ1) is 10.0. The van der Waals surface area contributed by atoms with Crippen LogP contribution in [0.2, 0.25) is 0 Å². The number of aliphatic hydroxyl groups excluding tert-OH is 1. The lowest BCUT2D eigenvalue weighted by Gasteiger charge is -2.16. The quantitative estimate of drug-likeness (QED) is 0.324. The maximum atomic E-state index is 10.1. The molecule has 0 radical (unpaired) electrons. The highest BCUT2D eigenvalue weighted by Crippen LogP contribution is 2.30. The standard InChI is InChI=1S/C11H13N3O/c12-14-13-10-7-3-5-8-4-1-2-6-9(8)11(10)15/h1-2,4,6,10-11,15H,3,5,7H2. The normalized spacial score (nSPS) is 24.9. The van der Waals surface area contributed by atoms with Gasteiger partial charge < -0.3 is 5.11 Å². The largest absolute Gasteiger partial charge is 0.388 e. The lowest BCUT2D eigenvalue weighted by Crippen LogP contribution is -2.14. The van der Waals surface area contributed by atoms with Gasteiger partial charge in [0.25, 0.3) is 0 Å². The van der Waals surface area contributed by atoms with Crippen molar-refractivity contribution in [3.63, 3.8) is 0 Å². The van der Waals surface area contributed by atoms with Gasteiger partial charge >= 0.3 is 0 Å². The van der Waals surface area contributed by atoms with E-state index >= 15 is 0 Å². The molecule has 2 unspecified atom stereocenters. The molecule has 4 nitrogen and oxygen atoms in total. The molecular formula is C11H13N3O. The molecule has 1 aromatic carbocycles. The predicted molar refractivity (Wildman–Crippen MR) is 57.3 cm³/mol. The summed E-state index contributed by atoms with van der Waals surface area (Å²) >= 11 is 0. The Balaban J connectivity index is 2.38. The van der Waals surface area contributed by atoms with E-state index in [0.29, 0.717) is 0 Å². The maximum Gasteiger partial charge on any atom is 0.0877 e.